The average molecular weight is 266 g/mol. The highest BCUT2D eigenvalue weighted by atomic mass is 32.3. The van der Waals surface area contributed by atoms with E-state index >= 15 is 0 Å². The van der Waals surface area contributed by atoms with E-state index in [-0.39, 0.29) is 12.2 Å². The highest BCUT2D eigenvalue weighted by molar-refractivity contribution is 7.81. The fourth-order valence-electron chi connectivity index (χ4n) is 1.50. The van der Waals surface area contributed by atoms with Gasteiger partial charge in [0.2, 0.25) is 0 Å². The van der Waals surface area contributed by atoms with E-state index in [1.165, 1.54) is 0 Å². The van der Waals surface area contributed by atoms with Gasteiger partial charge in [-0.3, -0.25) is 0 Å². The molecule has 0 saturated heterocycles. The summed E-state index contributed by atoms with van der Waals surface area (Å²) >= 11 is 0. The van der Waals surface area contributed by atoms with E-state index in [1.54, 1.807) is 13.8 Å². The van der Waals surface area contributed by atoms with E-state index in [0.717, 1.165) is 38.5 Å². The summed E-state index contributed by atoms with van der Waals surface area (Å²) < 4.78 is 32.9. The Bertz CT molecular complexity index is 252. The molecular formula is C12H26O4S. The highest BCUT2D eigenvalue weighted by Gasteiger charge is 2.19. The standard InChI is InChI=1S/C12H26O4S/c1-5-7-9-11(3)15-17(13,14)16-12(4)10-8-6-2/h11-12H,5-10H2,1-4H3. The smallest absolute Gasteiger partial charge is 0.245 e. The van der Waals surface area contributed by atoms with Gasteiger partial charge in [-0.25, -0.2) is 8.37 Å². The van der Waals surface area contributed by atoms with Crippen molar-refractivity contribution >= 4 is 10.4 Å². The largest absolute Gasteiger partial charge is 0.400 e. The number of unbranched alkanes of at least 4 members (excludes halogenated alkanes) is 2. The van der Waals surface area contributed by atoms with Crippen LogP contribution < -0.4 is 0 Å². The molecule has 0 radical (unpaired) electrons. The Morgan fingerprint density at radius 1 is 0.882 bits per heavy atom. The van der Waals surface area contributed by atoms with Crippen LogP contribution in [-0.2, 0) is 18.8 Å². The van der Waals surface area contributed by atoms with Crippen LogP contribution in [-0.4, -0.2) is 20.6 Å². The lowest BCUT2D eigenvalue weighted by molar-refractivity contribution is 0.127. The summed E-state index contributed by atoms with van der Waals surface area (Å²) in [6.07, 6.45) is 4.84. The number of rotatable bonds is 10. The fourth-order valence-corrected chi connectivity index (χ4v) is 2.55. The maximum atomic E-state index is 11.5. The molecule has 0 aromatic rings. The summed E-state index contributed by atoms with van der Waals surface area (Å²) in [4.78, 5) is 0. The topological polar surface area (TPSA) is 52.6 Å². The number of hydrogen-bond acceptors (Lipinski definition) is 4. The van der Waals surface area contributed by atoms with Gasteiger partial charge in [-0.15, -0.1) is 0 Å². The van der Waals surface area contributed by atoms with Crippen molar-refractivity contribution in [2.75, 3.05) is 0 Å². The van der Waals surface area contributed by atoms with E-state index in [0.29, 0.717) is 0 Å². The molecule has 0 N–H and O–H groups in total. The third-order valence-corrected chi connectivity index (χ3v) is 3.62. The van der Waals surface area contributed by atoms with Crippen LogP contribution in [0.3, 0.4) is 0 Å². The maximum absolute atomic E-state index is 11.5. The molecule has 0 fully saturated rings. The zero-order valence-corrected chi connectivity index (χ0v) is 12.3. The molecule has 0 aromatic heterocycles. The normalized spacial score (nSPS) is 15.8. The minimum Gasteiger partial charge on any atom is -0.245 e. The molecule has 104 valence electrons. The van der Waals surface area contributed by atoms with Crippen LogP contribution in [0.5, 0.6) is 0 Å². The first-order valence-corrected chi connectivity index (χ1v) is 7.86. The first-order chi connectivity index (χ1) is 7.91. The van der Waals surface area contributed by atoms with Crippen molar-refractivity contribution in [2.45, 2.75) is 78.4 Å². The zero-order chi connectivity index (χ0) is 13.3. The summed E-state index contributed by atoms with van der Waals surface area (Å²) in [5.74, 6) is 0. The monoisotopic (exact) mass is 266 g/mol. The lowest BCUT2D eigenvalue weighted by Gasteiger charge is -2.15. The molecular weight excluding hydrogens is 240 g/mol. The summed E-state index contributed by atoms with van der Waals surface area (Å²) in [6.45, 7) is 7.63. The minimum absolute atomic E-state index is 0.307. The molecule has 0 amide bonds. The SMILES string of the molecule is CCCCC(C)OS(=O)(=O)OC(C)CCCC. The van der Waals surface area contributed by atoms with Crippen molar-refractivity contribution in [2.24, 2.45) is 0 Å². The molecule has 5 heteroatoms. The molecule has 0 bridgehead atoms. The van der Waals surface area contributed by atoms with Crippen LogP contribution in [0.4, 0.5) is 0 Å². The van der Waals surface area contributed by atoms with E-state index in [4.69, 9.17) is 8.37 Å². The van der Waals surface area contributed by atoms with Crippen LogP contribution in [0, 0.1) is 0 Å². The van der Waals surface area contributed by atoms with Gasteiger partial charge >= 0.3 is 10.4 Å². The van der Waals surface area contributed by atoms with Crippen molar-refractivity contribution in [3.05, 3.63) is 0 Å². The van der Waals surface area contributed by atoms with E-state index in [2.05, 4.69) is 13.8 Å². The fraction of sp³-hybridized carbons (Fsp3) is 1.00. The molecule has 2 atom stereocenters. The Kier molecular flexibility index (Phi) is 8.82. The maximum Gasteiger partial charge on any atom is 0.400 e. The summed E-state index contributed by atoms with van der Waals surface area (Å²) in [6, 6.07) is 0. The summed E-state index contributed by atoms with van der Waals surface area (Å²) in [5.41, 5.74) is 0. The average Bonchev–Trinajstić information content (AvgIpc) is 2.22. The van der Waals surface area contributed by atoms with Crippen LogP contribution in [0.15, 0.2) is 0 Å². The van der Waals surface area contributed by atoms with Gasteiger partial charge in [-0.2, -0.15) is 8.42 Å². The molecule has 0 heterocycles. The van der Waals surface area contributed by atoms with Crippen LogP contribution in [0.2, 0.25) is 0 Å². The van der Waals surface area contributed by atoms with Crippen molar-refractivity contribution < 1.29 is 16.8 Å². The summed E-state index contributed by atoms with van der Waals surface area (Å²) in [7, 11) is -3.84. The molecule has 17 heavy (non-hydrogen) atoms. The third kappa shape index (κ3) is 9.56. The molecule has 0 spiro atoms. The molecule has 0 aliphatic rings. The molecule has 0 rings (SSSR count). The second-order valence-electron chi connectivity index (χ2n) is 4.51. The Labute approximate surface area is 106 Å². The number of hydrogen-bond donors (Lipinski definition) is 0. The second-order valence-corrected chi connectivity index (χ2v) is 5.71. The van der Waals surface area contributed by atoms with Gasteiger partial charge in [0.1, 0.15) is 0 Å². The lowest BCUT2D eigenvalue weighted by atomic mass is 10.2. The van der Waals surface area contributed by atoms with Crippen molar-refractivity contribution in [3.63, 3.8) is 0 Å². The first-order valence-electron chi connectivity index (χ1n) is 6.52. The van der Waals surface area contributed by atoms with Crippen molar-refractivity contribution in [1.29, 1.82) is 0 Å². The zero-order valence-electron chi connectivity index (χ0n) is 11.4. The van der Waals surface area contributed by atoms with Crippen molar-refractivity contribution in [3.8, 4) is 0 Å². The molecule has 0 aliphatic heterocycles. The van der Waals surface area contributed by atoms with E-state index < -0.39 is 10.4 Å². The Hall–Kier alpha value is -0.130. The highest BCUT2D eigenvalue weighted by Crippen LogP contribution is 2.13. The minimum atomic E-state index is -3.84. The Morgan fingerprint density at radius 3 is 1.53 bits per heavy atom. The molecule has 4 nitrogen and oxygen atoms in total. The van der Waals surface area contributed by atoms with Gasteiger partial charge in [0.05, 0.1) is 12.2 Å². The van der Waals surface area contributed by atoms with Gasteiger partial charge in [0, 0.05) is 0 Å². The predicted molar refractivity (Wildman–Crippen MR) is 69.1 cm³/mol. The quantitative estimate of drug-likeness (QED) is 0.608. The van der Waals surface area contributed by atoms with E-state index in [1.807, 2.05) is 0 Å². The van der Waals surface area contributed by atoms with E-state index in [9.17, 15) is 8.42 Å². The predicted octanol–water partition coefficient (Wildman–Crippen LogP) is 3.42. The van der Waals surface area contributed by atoms with Gasteiger partial charge < -0.3 is 0 Å². The van der Waals surface area contributed by atoms with Crippen molar-refractivity contribution in [1.82, 2.24) is 0 Å². The van der Waals surface area contributed by atoms with Gasteiger partial charge in [0.15, 0.2) is 0 Å². The van der Waals surface area contributed by atoms with Crippen LogP contribution >= 0.6 is 0 Å². The van der Waals surface area contributed by atoms with Gasteiger partial charge in [0.25, 0.3) is 0 Å². The van der Waals surface area contributed by atoms with Crippen LogP contribution in [0.1, 0.15) is 66.2 Å². The molecule has 0 aliphatic carbocycles. The lowest BCUT2D eigenvalue weighted by Crippen LogP contribution is -2.22. The first kappa shape index (κ1) is 16.9. The van der Waals surface area contributed by atoms with Gasteiger partial charge in [-0.05, 0) is 26.7 Å². The van der Waals surface area contributed by atoms with Gasteiger partial charge in [-0.1, -0.05) is 39.5 Å². The molecule has 0 aromatic carbocycles. The molecule has 2 unspecified atom stereocenters. The Morgan fingerprint density at radius 2 is 1.24 bits per heavy atom. The van der Waals surface area contributed by atoms with Crippen LogP contribution in [0.25, 0.3) is 0 Å². The molecule has 0 saturated carbocycles. The second kappa shape index (κ2) is 8.89. The Balaban J connectivity index is 4.01. The third-order valence-electron chi connectivity index (χ3n) is 2.49. The summed E-state index contributed by atoms with van der Waals surface area (Å²) in [5, 5.41) is 0.